The van der Waals surface area contributed by atoms with Crippen LogP contribution in [-0.2, 0) is 29.6 Å². The van der Waals surface area contributed by atoms with Gasteiger partial charge in [-0.25, -0.2) is 0 Å². The van der Waals surface area contributed by atoms with E-state index >= 15 is 0 Å². The van der Waals surface area contributed by atoms with Crippen LogP contribution in [0, 0.1) is 0 Å². The van der Waals surface area contributed by atoms with E-state index in [-0.39, 0.29) is 24.4 Å². The molecule has 156 valence electrons. The molecule has 2 amide bonds. The zero-order valence-electron chi connectivity index (χ0n) is 17.9. The van der Waals surface area contributed by atoms with Gasteiger partial charge in [-0.3, -0.25) is 9.59 Å². The average molecular weight is 396 g/mol. The maximum atomic E-state index is 13.2. The monoisotopic (exact) mass is 395 g/mol. The van der Waals surface area contributed by atoms with E-state index in [1.807, 2.05) is 61.5 Å². The van der Waals surface area contributed by atoms with E-state index in [1.165, 1.54) is 0 Å². The summed E-state index contributed by atoms with van der Waals surface area (Å²) in [7, 11) is 2.00. The quantitative estimate of drug-likeness (QED) is 0.615. The van der Waals surface area contributed by atoms with Gasteiger partial charge in [0.2, 0.25) is 11.8 Å². The molecule has 0 aliphatic heterocycles. The Morgan fingerprint density at radius 3 is 2.41 bits per heavy atom. The number of aromatic nitrogens is 1. The van der Waals surface area contributed by atoms with Gasteiger partial charge >= 0.3 is 0 Å². The first kappa shape index (κ1) is 21.2. The summed E-state index contributed by atoms with van der Waals surface area (Å²) in [6.07, 6.45) is 6.09. The first-order valence-electron chi connectivity index (χ1n) is 10.7. The van der Waals surface area contributed by atoms with Gasteiger partial charge in [-0.15, -0.1) is 0 Å². The van der Waals surface area contributed by atoms with Gasteiger partial charge in [-0.05, 0) is 50.3 Å². The smallest absolute Gasteiger partial charge is 0.242 e. The normalized spacial score (nSPS) is 14.4. The molecule has 1 atom stereocenters. The van der Waals surface area contributed by atoms with E-state index < -0.39 is 0 Å². The molecule has 5 heteroatoms. The molecule has 1 heterocycles. The van der Waals surface area contributed by atoms with Crippen LogP contribution in [0.3, 0.4) is 0 Å². The Kier molecular flexibility index (Phi) is 7.13. The number of nitrogens with zero attached hydrogens (tertiary/aromatic N) is 3. The summed E-state index contributed by atoms with van der Waals surface area (Å²) >= 11 is 0. The van der Waals surface area contributed by atoms with Gasteiger partial charge in [0, 0.05) is 37.4 Å². The third kappa shape index (κ3) is 5.72. The van der Waals surface area contributed by atoms with Crippen LogP contribution in [0.5, 0.6) is 0 Å². The summed E-state index contributed by atoms with van der Waals surface area (Å²) in [5.74, 6) is 0.119. The largest absolute Gasteiger partial charge is 0.353 e. The molecule has 1 aliphatic carbocycles. The standard InChI is InChI=1S/C24H33N3O2/c1-4-19(2)26(23(28)15-12-20-9-6-5-7-10-20)18-24(29)27(21-13-14-21)17-22-11-8-16-25(22)3/h5-11,16,19,21H,4,12-15,17-18H2,1-3H3. The maximum Gasteiger partial charge on any atom is 0.242 e. The highest BCUT2D eigenvalue weighted by atomic mass is 16.2. The van der Waals surface area contributed by atoms with Crippen LogP contribution >= 0.6 is 0 Å². The molecule has 0 N–H and O–H groups in total. The second kappa shape index (κ2) is 9.77. The second-order valence-electron chi connectivity index (χ2n) is 8.13. The van der Waals surface area contributed by atoms with E-state index in [0.29, 0.717) is 25.4 Å². The molecule has 5 nitrogen and oxygen atoms in total. The van der Waals surface area contributed by atoms with Gasteiger partial charge in [0.1, 0.15) is 6.54 Å². The number of rotatable bonds is 10. The highest BCUT2D eigenvalue weighted by molar-refractivity contribution is 5.85. The van der Waals surface area contributed by atoms with E-state index in [9.17, 15) is 9.59 Å². The molecule has 1 aliphatic rings. The Balaban J connectivity index is 1.65. The van der Waals surface area contributed by atoms with Crippen molar-refractivity contribution < 1.29 is 9.59 Å². The summed E-state index contributed by atoms with van der Waals surface area (Å²) in [4.78, 5) is 29.9. The Bertz CT molecular complexity index is 811. The Morgan fingerprint density at radius 2 is 1.83 bits per heavy atom. The minimum atomic E-state index is 0.0540. The van der Waals surface area contributed by atoms with Crippen molar-refractivity contribution in [2.75, 3.05) is 6.54 Å². The van der Waals surface area contributed by atoms with Crippen LogP contribution < -0.4 is 0 Å². The van der Waals surface area contributed by atoms with Gasteiger partial charge in [0.25, 0.3) is 0 Å². The molecule has 1 fully saturated rings. The molecular weight excluding hydrogens is 362 g/mol. The molecule has 1 aromatic heterocycles. The van der Waals surface area contributed by atoms with Crippen LogP contribution in [-0.4, -0.2) is 44.8 Å². The van der Waals surface area contributed by atoms with E-state index in [2.05, 4.69) is 17.6 Å². The lowest BCUT2D eigenvalue weighted by atomic mass is 10.1. The molecule has 0 saturated heterocycles. The summed E-state index contributed by atoms with van der Waals surface area (Å²) in [6, 6.07) is 14.5. The number of amides is 2. The summed E-state index contributed by atoms with van der Waals surface area (Å²) in [5.41, 5.74) is 2.27. The maximum absolute atomic E-state index is 13.2. The fourth-order valence-corrected chi connectivity index (χ4v) is 3.63. The Hall–Kier alpha value is -2.56. The van der Waals surface area contributed by atoms with Crippen molar-refractivity contribution in [2.24, 2.45) is 7.05 Å². The molecule has 1 unspecified atom stereocenters. The first-order valence-corrected chi connectivity index (χ1v) is 10.7. The Labute approximate surface area is 174 Å². The third-order valence-corrected chi connectivity index (χ3v) is 5.91. The highest BCUT2D eigenvalue weighted by Gasteiger charge is 2.34. The van der Waals surface area contributed by atoms with E-state index in [4.69, 9.17) is 0 Å². The predicted octanol–water partition coefficient (Wildman–Crippen LogP) is 3.78. The van der Waals surface area contributed by atoms with Crippen molar-refractivity contribution in [1.82, 2.24) is 14.4 Å². The first-order chi connectivity index (χ1) is 14.0. The molecule has 0 radical (unpaired) electrons. The zero-order chi connectivity index (χ0) is 20.8. The molecule has 0 bridgehead atoms. The number of aryl methyl sites for hydroxylation is 2. The summed E-state index contributed by atoms with van der Waals surface area (Å²) in [6.45, 7) is 4.88. The second-order valence-corrected chi connectivity index (χ2v) is 8.13. The Morgan fingerprint density at radius 1 is 1.10 bits per heavy atom. The van der Waals surface area contributed by atoms with Crippen molar-refractivity contribution >= 4 is 11.8 Å². The van der Waals surface area contributed by atoms with Crippen LogP contribution in [0.4, 0.5) is 0 Å². The van der Waals surface area contributed by atoms with E-state index in [0.717, 1.165) is 30.5 Å². The van der Waals surface area contributed by atoms with Gasteiger partial charge in [-0.2, -0.15) is 0 Å². The SMILES string of the molecule is CCC(C)N(CC(=O)N(Cc1cccn1C)C1CC1)C(=O)CCc1ccccc1. The lowest BCUT2D eigenvalue weighted by Crippen LogP contribution is -2.47. The fraction of sp³-hybridized carbons (Fsp3) is 0.500. The topological polar surface area (TPSA) is 45.6 Å². The average Bonchev–Trinajstić information content (AvgIpc) is 3.50. The third-order valence-electron chi connectivity index (χ3n) is 5.91. The molecule has 29 heavy (non-hydrogen) atoms. The molecular formula is C24H33N3O2. The lowest BCUT2D eigenvalue weighted by molar-refractivity contribution is -0.143. The van der Waals surface area contributed by atoms with Crippen molar-refractivity contribution in [2.45, 2.75) is 64.6 Å². The minimum absolute atomic E-state index is 0.0540. The number of carbonyl (C=O) groups is 2. The van der Waals surface area contributed by atoms with Gasteiger partial charge in [-0.1, -0.05) is 37.3 Å². The van der Waals surface area contributed by atoms with E-state index in [1.54, 1.807) is 4.90 Å². The molecule has 3 rings (SSSR count). The number of carbonyl (C=O) groups excluding carboxylic acids is 2. The minimum Gasteiger partial charge on any atom is -0.353 e. The summed E-state index contributed by atoms with van der Waals surface area (Å²) in [5, 5.41) is 0. The molecule has 2 aromatic rings. The number of hydrogen-bond acceptors (Lipinski definition) is 2. The lowest BCUT2D eigenvalue weighted by Gasteiger charge is -2.31. The van der Waals surface area contributed by atoms with Crippen LogP contribution in [0.25, 0.3) is 0 Å². The zero-order valence-corrected chi connectivity index (χ0v) is 17.9. The molecule has 1 saturated carbocycles. The van der Waals surface area contributed by atoms with Gasteiger partial charge in [0.05, 0.1) is 6.54 Å². The van der Waals surface area contributed by atoms with Crippen LogP contribution in [0.15, 0.2) is 48.7 Å². The van der Waals surface area contributed by atoms with Crippen molar-refractivity contribution in [3.8, 4) is 0 Å². The molecule has 0 spiro atoms. The number of hydrogen-bond donors (Lipinski definition) is 0. The van der Waals surface area contributed by atoms with Gasteiger partial charge < -0.3 is 14.4 Å². The van der Waals surface area contributed by atoms with Gasteiger partial charge in [0.15, 0.2) is 0 Å². The summed E-state index contributed by atoms with van der Waals surface area (Å²) < 4.78 is 2.06. The van der Waals surface area contributed by atoms with Crippen molar-refractivity contribution in [1.29, 1.82) is 0 Å². The molecule has 1 aromatic carbocycles. The van der Waals surface area contributed by atoms with Crippen molar-refractivity contribution in [3.63, 3.8) is 0 Å². The fourth-order valence-electron chi connectivity index (χ4n) is 3.63. The van der Waals surface area contributed by atoms with Crippen molar-refractivity contribution in [3.05, 3.63) is 59.9 Å². The van der Waals surface area contributed by atoms with Crippen LogP contribution in [0.2, 0.25) is 0 Å². The predicted molar refractivity (Wildman–Crippen MR) is 115 cm³/mol. The van der Waals surface area contributed by atoms with Crippen LogP contribution in [0.1, 0.15) is 50.8 Å². The highest BCUT2D eigenvalue weighted by Crippen LogP contribution is 2.29. The number of benzene rings is 1.